The van der Waals surface area contributed by atoms with Crippen LogP contribution in [0.15, 0.2) is 30.5 Å². The topological polar surface area (TPSA) is 180 Å². The largest absolute Gasteiger partial charge is 0.497 e. The van der Waals surface area contributed by atoms with E-state index in [0.717, 1.165) is 18.5 Å². The number of morpholine rings is 1. The summed E-state index contributed by atoms with van der Waals surface area (Å²) in [5.41, 5.74) is -3.67. The number of fused-ring (bicyclic) bond motifs is 1. The molecule has 3 heterocycles. The van der Waals surface area contributed by atoms with Crippen LogP contribution in [0.5, 0.6) is 11.6 Å². The quantitative estimate of drug-likeness (QED) is 0.219. The molecule has 2 saturated carbocycles. The first kappa shape index (κ1) is 43.7. The van der Waals surface area contributed by atoms with E-state index < -0.39 is 74.0 Å². The molecule has 1 aromatic heterocycles. The average molecular weight is 829 g/mol. The molecule has 16 heteroatoms. The van der Waals surface area contributed by atoms with Crippen molar-refractivity contribution < 1.29 is 50.7 Å². The Morgan fingerprint density at radius 3 is 2.40 bits per heavy atom. The van der Waals surface area contributed by atoms with E-state index in [-0.39, 0.29) is 31.7 Å². The number of esters is 1. The number of ketones is 1. The number of benzene rings is 1. The standard InChI is InChI=1S/C42H60N4O11S/c1-9-28-23-42(28,38(50)44-58(51,52)57-41(7)13-14-41)24-34(47)33-21-30(55-36-31-11-10-29(53-8)20-27(31)12-15-43-36)25-46(33)37(49)32(39(2,3)4)22-35(48)56-40(5,6)26-45-16-18-54-19-17-45/h10-12,15,20,28,30,32-33H,9,13-14,16-19,21-26H2,1-8H3,(H,44,50)/t28-,30-,32-,33+,42-/m1/s1. The summed E-state index contributed by atoms with van der Waals surface area (Å²) in [6.45, 7) is 16.0. The number of ether oxygens (including phenoxy) is 4. The van der Waals surface area contributed by atoms with Crippen molar-refractivity contribution in [1.82, 2.24) is 19.5 Å². The molecule has 6 rings (SSSR count). The molecule has 2 amide bonds. The summed E-state index contributed by atoms with van der Waals surface area (Å²) in [7, 11) is -2.84. The van der Waals surface area contributed by atoms with E-state index in [2.05, 4.69) is 14.6 Å². The minimum absolute atomic E-state index is 0.0187. The molecule has 2 aliphatic heterocycles. The minimum atomic E-state index is -4.42. The third kappa shape index (κ3) is 10.3. The molecule has 15 nitrogen and oxygen atoms in total. The lowest BCUT2D eigenvalue weighted by Gasteiger charge is -2.37. The van der Waals surface area contributed by atoms with Crippen molar-refractivity contribution >= 4 is 44.6 Å². The Balaban J connectivity index is 1.25. The van der Waals surface area contributed by atoms with Crippen molar-refractivity contribution in [2.45, 2.75) is 117 Å². The van der Waals surface area contributed by atoms with Crippen LogP contribution in [0.3, 0.4) is 0 Å². The molecular weight excluding hydrogens is 769 g/mol. The van der Waals surface area contributed by atoms with Crippen LogP contribution in [-0.4, -0.2) is 117 Å². The van der Waals surface area contributed by atoms with Gasteiger partial charge in [-0.25, -0.2) is 13.9 Å². The molecular formula is C42H60N4O11S. The van der Waals surface area contributed by atoms with E-state index in [4.69, 9.17) is 23.1 Å². The van der Waals surface area contributed by atoms with E-state index in [1.54, 1.807) is 26.3 Å². The maximum absolute atomic E-state index is 14.9. The van der Waals surface area contributed by atoms with Gasteiger partial charge in [0.15, 0.2) is 5.78 Å². The van der Waals surface area contributed by atoms with Crippen LogP contribution < -0.4 is 14.2 Å². The fourth-order valence-electron chi connectivity index (χ4n) is 8.43. The molecule has 0 radical (unpaired) electrons. The predicted octanol–water partition coefficient (Wildman–Crippen LogP) is 4.60. The van der Waals surface area contributed by atoms with Crippen molar-refractivity contribution in [3.63, 3.8) is 0 Å². The Kier molecular flexibility index (Phi) is 12.6. The number of nitrogens with zero attached hydrogens (tertiary/aromatic N) is 3. The van der Waals surface area contributed by atoms with Gasteiger partial charge in [0.2, 0.25) is 17.7 Å². The zero-order valence-electron chi connectivity index (χ0n) is 35.1. The molecule has 58 heavy (non-hydrogen) atoms. The Hall–Kier alpha value is -3.86. The number of hydrogen-bond donors (Lipinski definition) is 1. The number of Topliss-reactive ketones (excluding diaryl/α,β-unsaturated/α-hetero) is 1. The second-order valence-corrected chi connectivity index (χ2v) is 19.7. The first-order chi connectivity index (χ1) is 27.2. The number of hydrogen-bond acceptors (Lipinski definition) is 13. The van der Waals surface area contributed by atoms with Gasteiger partial charge in [0.1, 0.15) is 17.5 Å². The highest BCUT2D eigenvalue weighted by Gasteiger charge is 2.62. The number of pyridine rings is 1. The van der Waals surface area contributed by atoms with Crippen molar-refractivity contribution in [3.8, 4) is 11.6 Å². The summed E-state index contributed by atoms with van der Waals surface area (Å²) in [5, 5.41) is 1.54. The summed E-state index contributed by atoms with van der Waals surface area (Å²) >= 11 is 0. The van der Waals surface area contributed by atoms with E-state index >= 15 is 0 Å². The average Bonchev–Trinajstić information content (AvgIpc) is 4.01. The number of carbonyl (C=O) groups is 4. The predicted molar refractivity (Wildman–Crippen MR) is 214 cm³/mol. The van der Waals surface area contributed by atoms with Crippen LogP contribution in [0.4, 0.5) is 0 Å². The molecule has 1 aromatic carbocycles. The van der Waals surface area contributed by atoms with Crippen LogP contribution in [0.25, 0.3) is 10.8 Å². The van der Waals surface area contributed by atoms with E-state index in [9.17, 15) is 27.6 Å². The second-order valence-electron chi connectivity index (χ2n) is 18.5. The molecule has 320 valence electrons. The van der Waals surface area contributed by atoms with Gasteiger partial charge in [-0.2, -0.15) is 8.42 Å². The number of rotatable bonds is 17. The lowest BCUT2D eigenvalue weighted by Crippen LogP contribution is -2.49. The Labute approximate surface area is 342 Å². The molecule has 0 spiro atoms. The van der Waals surface area contributed by atoms with Crippen molar-refractivity contribution in [2.75, 3.05) is 46.5 Å². The number of nitrogens with one attached hydrogen (secondary N) is 1. The van der Waals surface area contributed by atoms with Crippen LogP contribution in [0.2, 0.25) is 0 Å². The fraction of sp³-hybridized carbons (Fsp3) is 0.690. The highest BCUT2D eigenvalue weighted by Crippen LogP contribution is 2.58. The first-order valence-corrected chi connectivity index (χ1v) is 21.8. The summed E-state index contributed by atoms with van der Waals surface area (Å²) < 4.78 is 56.4. The molecule has 5 atom stereocenters. The van der Waals surface area contributed by atoms with Crippen molar-refractivity contribution in [1.29, 1.82) is 0 Å². The monoisotopic (exact) mass is 828 g/mol. The van der Waals surface area contributed by atoms with Gasteiger partial charge < -0.3 is 23.8 Å². The minimum Gasteiger partial charge on any atom is -0.497 e. The molecule has 1 N–H and O–H groups in total. The van der Waals surface area contributed by atoms with Crippen LogP contribution in [0, 0.1) is 22.7 Å². The molecule has 2 aliphatic carbocycles. The fourth-order valence-corrected chi connectivity index (χ4v) is 9.60. The van der Waals surface area contributed by atoms with Crippen LogP contribution in [0.1, 0.15) is 93.4 Å². The maximum atomic E-state index is 14.9. The molecule has 4 fully saturated rings. The molecule has 4 aliphatic rings. The zero-order chi connectivity index (χ0) is 42.3. The van der Waals surface area contributed by atoms with E-state index in [1.807, 2.05) is 59.7 Å². The van der Waals surface area contributed by atoms with E-state index in [0.29, 0.717) is 62.5 Å². The number of amides is 2. The Bertz CT molecular complexity index is 1990. The summed E-state index contributed by atoms with van der Waals surface area (Å²) in [5.74, 6) is -2.25. The third-order valence-corrected chi connectivity index (χ3v) is 13.1. The lowest BCUT2D eigenvalue weighted by atomic mass is 9.77. The van der Waals surface area contributed by atoms with Crippen molar-refractivity contribution in [2.24, 2.45) is 22.7 Å². The normalized spacial score (nSPS) is 25.2. The highest BCUT2D eigenvalue weighted by molar-refractivity contribution is 7.85. The summed E-state index contributed by atoms with van der Waals surface area (Å²) in [6.07, 6.45) is 2.52. The van der Waals surface area contributed by atoms with Gasteiger partial charge >= 0.3 is 16.3 Å². The van der Waals surface area contributed by atoms with Gasteiger partial charge in [0.05, 0.1) is 56.3 Å². The number of carbonyl (C=O) groups excluding carboxylic acids is 4. The molecule has 0 bridgehead atoms. The zero-order valence-corrected chi connectivity index (χ0v) is 35.9. The molecule has 0 unspecified atom stereocenters. The van der Waals surface area contributed by atoms with Gasteiger partial charge in [-0.1, -0.05) is 34.1 Å². The third-order valence-electron chi connectivity index (χ3n) is 12.1. The van der Waals surface area contributed by atoms with Gasteiger partial charge in [-0.05, 0) is 81.0 Å². The highest BCUT2D eigenvalue weighted by atomic mass is 32.2. The Morgan fingerprint density at radius 2 is 1.78 bits per heavy atom. The number of likely N-dealkylation sites (tertiary alicyclic amines) is 1. The second kappa shape index (κ2) is 16.7. The van der Waals surface area contributed by atoms with Crippen LogP contribution >= 0.6 is 0 Å². The SMILES string of the molecule is CC[C@@H]1C[C@]1(CC(=O)[C@@H]1C[C@@H](Oc2nccc3cc(OC)ccc23)CN1C(=O)[C@@H](CC(=O)OC(C)(C)CN1CCOCC1)C(C)(C)C)C(=O)NS(=O)(=O)OC1(C)CC1. The smallest absolute Gasteiger partial charge is 0.362 e. The number of aromatic nitrogens is 1. The lowest BCUT2D eigenvalue weighted by molar-refractivity contribution is -0.164. The van der Waals surface area contributed by atoms with Gasteiger partial charge in [-0.3, -0.25) is 24.1 Å². The van der Waals surface area contributed by atoms with Gasteiger partial charge in [-0.15, -0.1) is 0 Å². The summed E-state index contributed by atoms with van der Waals surface area (Å²) in [6, 6.07) is 6.30. The van der Waals surface area contributed by atoms with Crippen LogP contribution in [-0.2, 0) is 43.1 Å². The first-order valence-electron chi connectivity index (χ1n) is 20.4. The Morgan fingerprint density at radius 1 is 1.07 bits per heavy atom. The molecule has 2 aromatic rings. The van der Waals surface area contributed by atoms with Gasteiger partial charge in [0.25, 0.3) is 0 Å². The van der Waals surface area contributed by atoms with Gasteiger partial charge in [0, 0.05) is 44.1 Å². The number of methoxy groups -OCH3 is 1. The van der Waals surface area contributed by atoms with E-state index in [1.165, 1.54) is 4.90 Å². The molecule has 2 saturated heterocycles. The maximum Gasteiger partial charge on any atom is 0.362 e. The summed E-state index contributed by atoms with van der Waals surface area (Å²) in [4.78, 5) is 65.0. The van der Waals surface area contributed by atoms with Crippen molar-refractivity contribution in [3.05, 3.63) is 30.5 Å².